The zero-order valence-corrected chi connectivity index (χ0v) is 11.0. The highest BCUT2D eigenvalue weighted by molar-refractivity contribution is 9.10. The molecule has 0 unspecified atom stereocenters. The molecule has 0 fully saturated rings. The Hall–Kier alpha value is -1.87. The number of carbonyl (C=O) groups is 1. The molecular weight excluding hydrogens is 292 g/mol. The van der Waals surface area contributed by atoms with E-state index in [2.05, 4.69) is 15.9 Å². The first-order chi connectivity index (χ1) is 8.74. The van der Waals surface area contributed by atoms with Crippen molar-refractivity contribution in [2.24, 2.45) is 0 Å². The molecule has 0 amide bonds. The maximum atomic E-state index is 12.1. The number of hydrogen-bond donors (Lipinski definition) is 0. The third-order valence-corrected chi connectivity index (χ3v) is 3.27. The molecule has 0 aliphatic carbocycles. The van der Waals surface area contributed by atoms with Gasteiger partial charge in [-0.25, -0.2) is 0 Å². The van der Waals surface area contributed by atoms with Crippen LogP contribution in [0.3, 0.4) is 0 Å². The number of carbonyl (C=O) groups excluding carboxylic acids is 1. The zero-order chi connectivity index (χ0) is 12.5. The Morgan fingerprint density at radius 3 is 2.44 bits per heavy atom. The topological polar surface area (TPSA) is 26.3 Å². The molecular formula is C15H9BrO2. The largest absolute Gasteiger partial charge is 0.452 e. The number of halogens is 1. The van der Waals surface area contributed by atoms with Gasteiger partial charge in [0.05, 0.1) is 5.56 Å². The van der Waals surface area contributed by atoms with Crippen molar-refractivity contribution in [3.63, 3.8) is 0 Å². The Morgan fingerprint density at radius 1 is 1.00 bits per heavy atom. The van der Waals surface area contributed by atoms with E-state index in [1.54, 1.807) is 18.2 Å². The first-order valence-electron chi connectivity index (χ1n) is 5.53. The van der Waals surface area contributed by atoms with E-state index in [4.69, 9.17) is 4.74 Å². The maximum absolute atomic E-state index is 12.1. The third-order valence-electron chi connectivity index (χ3n) is 2.74. The Labute approximate surface area is 113 Å². The number of rotatable bonds is 1. The van der Waals surface area contributed by atoms with Gasteiger partial charge in [0.15, 0.2) is 5.76 Å². The van der Waals surface area contributed by atoms with Crippen LogP contribution in [0.25, 0.3) is 6.08 Å². The number of Topliss-reactive ketones (excluding diaryl/α,β-unsaturated/α-hetero) is 1. The average molecular weight is 301 g/mol. The molecule has 0 saturated carbocycles. The molecule has 88 valence electrons. The molecule has 1 aliphatic heterocycles. The van der Waals surface area contributed by atoms with Crippen LogP contribution in [0, 0.1) is 0 Å². The van der Waals surface area contributed by atoms with Gasteiger partial charge in [-0.2, -0.15) is 0 Å². The maximum Gasteiger partial charge on any atom is 0.231 e. The molecule has 0 atom stereocenters. The molecule has 1 aliphatic rings. The van der Waals surface area contributed by atoms with E-state index in [1.165, 1.54) is 0 Å². The highest BCUT2D eigenvalue weighted by atomic mass is 79.9. The first kappa shape index (κ1) is 11.2. The lowest BCUT2D eigenvalue weighted by molar-refractivity contribution is 0.101. The molecule has 0 bridgehead atoms. The number of ketones is 1. The van der Waals surface area contributed by atoms with Crippen molar-refractivity contribution >= 4 is 27.8 Å². The molecule has 2 aromatic rings. The van der Waals surface area contributed by atoms with Crippen LogP contribution in [0.4, 0.5) is 0 Å². The predicted octanol–water partition coefficient (Wildman–Crippen LogP) is 4.07. The summed E-state index contributed by atoms with van der Waals surface area (Å²) >= 11 is 3.37. The van der Waals surface area contributed by atoms with E-state index in [0.717, 1.165) is 10.0 Å². The van der Waals surface area contributed by atoms with E-state index < -0.39 is 0 Å². The van der Waals surface area contributed by atoms with Crippen molar-refractivity contribution in [1.29, 1.82) is 0 Å². The molecule has 2 aromatic carbocycles. The molecule has 0 aromatic heterocycles. The monoisotopic (exact) mass is 300 g/mol. The normalized spacial score (nSPS) is 15.6. The number of ether oxygens (including phenoxy) is 1. The lowest BCUT2D eigenvalue weighted by atomic mass is 10.1. The SMILES string of the molecule is O=C1/C(=C/c2ccc(Br)cc2)Oc2ccccc21. The average Bonchev–Trinajstić information content (AvgIpc) is 2.70. The van der Waals surface area contributed by atoms with Gasteiger partial charge < -0.3 is 4.74 Å². The van der Waals surface area contributed by atoms with Crippen LogP contribution in [-0.4, -0.2) is 5.78 Å². The van der Waals surface area contributed by atoms with Gasteiger partial charge >= 0.3 is 0 Å². The smallest absolute Gasteiger partial charge is 0.231 e. The van der Waals surface area contributed by atoms with Gasteiger partial charge in [0, 0.05) is 4.47 Å². The van der Waals surface area contributed by atoms with Crippen molar-refractivity contribution in [3.05, 3.63) is 69.9 Å². The predicted molar refractivity (Wildman–Crippen MR) is 73.5 cm³/mol. The Bertz CT molecular complexity index is 642. The minimum Gasteiger partial charge on any atom is -0.452 e. The zero-order valence-electron chi connectivity index (χ0n) is 9.39. The summed E-state index contributed by atoms with van der Waals surface area (Å²) in [5.41, 5.74) is 1.57. The minimum atomic E-state index is -0.0616. The van der Waals surface area contributed by atoms with Crippen molar-refractivity contribution in [2.45, 2.75) is 0 Å². The highest BCUT2D eigenvalue weighted by Gasteiger charge is 2.26. The molecule has 18 heavy (non-hydrogen) atoms. The van der Waals surface area contributed by atoms with E-state index in [0.29, 0.717) is 17.1 Å². The van der Waals surface area contributed by atoms with Crippen LogP contribution in [0.15, 0.2) is 58.8 Å². The molecule has 0 spiro atoms. The summed E-state index contributed by atoms with van der Waals surface area (Å²) in [6.07, 6.45) is 1.76. The Morgan fingerprint density at radius 2 is 1.72 bits per heavy atom. The van der Waals surface area contributed by atoms with Gasteiger partial charge in [-0.05, 0) is 35.9 Å². The van der Waals surface area contributed by atoms with Gasteiger partial charge in [-0.3, -0.25) is 4.79 Å². The fourth-order valence-corrected chi connectivity index (χ4v) is 2.11. The quantitative estimate of drug-likeness (QED) is 0.742. The van der Waals surface area contributed by atoms with Crippen molar-refractivity contribution in [2.75, 3.05) is 0 Å². The van der Waals surface area contributed by atoms with Crippen molar-refractivity contribution < 1.29 is 9.53 Å². The third kappa shape index (κ3) is 1.97. The number of fused-ring (bicyclic) bond motifs is 1. The van der Waals surface area contributed by atoms with E-state index in [-0.39, 0.29) is 5.78 Å². The fraction of sp³-hybridized carbons (Fsp3) is 0. The summed E-state index contributed by atoms with van der Waals surface area (Å²) in [6, 6.07) is 15.0. The molecule has 2 nitrogen and oxygen atoms in total. The Balaban J connectivity index is 1.97. The molecule has 0 N–H and O–H groups in total. The molecule has 3 rings (SSSR count). The Kier molecular flexibility index (Phi) is 2.76. The summed E-state index contributed by atoms with van der Waals surface area (Å²) in [5.74, 6) is 0.943. The number of hydrogen-bond acceptors (Lipinski definition) is 2. The number of para-hydroxylation sites is 1. The lowest BCUT2D eigenvalue weighted by Gasteiger charge is -1.98. The number of benzene rings is 2. The fourth-order valence-electron chi connectivity index (χ4n) is 1.85. The lowest BCUT2D eigenvalue weighted by Crippen LogP contribution is -1.97. The molecule has 0 saturated heterocycles. The highest BCUT2D eigenvalue weighted by Crippen LogP contribution is 2.31. The van der Waals surface area contributed by atoms with Crippen LogP contribution in [0.2, 0.25) is 0 Å². The first-order valence-corrected chi connectivity index (χ1v) is 6.32. The van der Waals surface area contributed by atoms with Crippen LogP contribution >= 0.6 is 15.9 Å². The second-order valence-corrected chi connectivity index (χ2v) is 4.90. The van der Waals surface area contributed by atoms with Gasteiger partial charge in [0.2, 0.25) is 5.78 Å². The van der Waals surface area contributed by atoms with Gasteiger partial charge in [-0.1, -0.05) is 40.2 Å². The summed E-state index contributed by atoms with van der Waals surface area (Å²) in [5, 5.41) is 0. The molecule has 3 heteroatoms. The van der Waals surface area contributed by atoms with Gasteiger partial charge in [0.25, 0.3) is 0 Å². The van der Waals surface area contributed by atoms with Crippen LogP contribution in [0.1, 0.15) is 15.9 Å². The second kappa shape index (κ2) is 4.42. The van der Waals surface area contributed by atoms with E-state index in [9.17, 15) is 4.79 Å². The minimum absolute atomic E-state index is 0.0616. The standard InChI is InChI=1S/C15H9BrO2/c16-11-7-5-10(6-8-11)9-14-15(17)12-3-1-2-4-13(12)18-14/h1-9H/b14-9-. The van der Waals surface area contributed by atoms with Gasteiger partial charge in [0.1, 0.15) is 5.75 Å². The number of allylic oxidation sites excluding steroid dienone is 1. The van der Waals surface area contributed by atoms with Crippen LogP contribution < -0.4 is 4.74 Å². The van der Waals surface area contributed by atoms with Gasteiger partial charge in [-0.15, -0.1) is 0 Å². The van der Waals surface area contributed by atoms with Crippen molar-refractivity contribution in [1.82, 2.24) is 0 Å². The van der Waals surface area contributed by atoms with Crippen molar-refractivity contribution in [3.8, 4) is 5.75 Å². The van der Waals surface area contributed by atoms with Crippen LogP contribution in [0.5, 0.6) is 5.75 Å². The summed E-state index contributed by atoms with van der Waals surface area (Å²) < 4.78 is 6.56. The second-order valence-electron chi connectivity index (χ2n) is 3.99. The van der Waals surface area contributed by atoms with E-state index >= 15 is 0 Å². The summed E-state index contributed by atoms with van der Waals surface area (Å²) in [4.78, 5) is 12.1. The summed E-state index contributed by atoms with van der Waals surface area (Å²) in [6.45, 7) is 0. The molecule has 1 heterocycles. The van der Waals surface area contributed by atoms with E-state index in [1.807, 2.05) is 36.4 Å². The summed E-state index contributed by atoms with van der Waals surface area (Å²) in [7, 11) is 0. The molecule has 0 radical (unpaired) electrons. The van der Waals surface area contributed by atoms with Crippen LogP contribution in [-0.2, 0) is 0 Å².